The van der Waals surface area contributed by atoms with E-state index in [4.69, 9.17) is 9.51 Å². The largest absolute Gasteiger partial charge is 0.334 e. The Hall–Kier alpha value is -4.19. The Balaban J connectivity index is 1.48. The standard InChI is InChI=1S/C30H28N4O2/c1-18-7-11-22(12-8-18)27-26(29-32-28(33-36-29)23-13-9-19(2)10-14-23)20(3)34(30(35)31-27)25-16-15-21-5-4-6-24(21)17-25/h7-17,27H,4-6H2,1-3H3,(H,31,35). The predicted octanol–water partition coefficient (Wildman–Crippen LogP) is 6.54. The van der Waals surface area contributed by atoms with Gasteiger partial charge in [-0.05, 0) is 68.9 Å². The van der Waals surface area contributed by atoms with Crippen molar-refractivity contribution in [2.75, 3.05) is 4.90 Å². The number of hydrogen-bond acceptors (Lipinski definition) is 4. The summed E-state index contributed by atoms with van der Waals surface area (Å²) in [5.41, 5.74) is 9.28. The van der Waals surface area contributed by atoms with Crippen LogP contribution in [0.1, 0.15) is 53.1 Å². The van der Waals surface area contributed by atoms with E-state index in [1.807, 2.05) is 75.4 Å². The molecule has 4 aromatic rings. The first kappa shape index (κ1) is 22.3. The lowest BCUT2D eigenvalue weighted by molar-refractivity contribution is 0.244. The molecular formula is C30H28N4O2. The van der Waals surface area contributed by atoms with E-state index in [2.05, 4.69) is 22.6 Å². The predicted molar refractivity (Wildman–Crippen MR) is 140 cm³/mol. The normalized spacial score (nSPS) is 17.4. The SMILES string of the molecule is CC1=C(c2nc(-c3ccc(C)cc3)no2)C(c2ccc(C)cc2)NC(=O)N1c1ccc2c(c1)CCC2. The molecule has 0 fully saturated rings. The number of hydrogen-bond donors (Lipinski definition) is 1. The molecule has 0 radical (unpaired) electrons. The average molecular weight is 477 g/mol. The van der Waals surface area contributed by atoms with E-state index in [1.165, 1.54) is 16.7 Å². The van der Waals surface area contributed by atoms with Gasteiger partial charge in [-0.25, -0.2) is 4.79 Å². The Morgan fingerprint density at radius 2 is 1.58 bits per heavy atom. The van der Waals surface area contributed by atoms with Crippen molar-refractivity contribution in [2.45, 2.75) is 46.1 Å². The number of carbonyl (C=O) groups is 1. The number of nitrogens with one attached hydrogen (secondary N) is 1. The molecule has 3 aromatic carbocycles. The number of aromatic nitrogens is 2. The molecule has 2 heterocycles. The van der Waals surface area contributed by atoms with E-state index in [0.717, 1.165) is 52.9 Å². The van der Waals surface area contributed by atoms with E-state index in [0.29, 0.717) is 11.7 Å². The van der Waals surface area contributed by atoms with Crippen molar-refractivity contribution < 1.29 is 9.32 Å². The van der Waals surface area contributed by atoms with Gasteiger partial charge in [0.2, 0.25) is 5.82 Å². The van der Waals surface area contributed by atoms with Crippen molar-refractivity contribution in [1.29, 1.82) is 0 Å². The van der Waals surface area contributed by atoms with Gasteiger partial charge in [-0.3, -0.25) is 4.90 Å². The number of anilines is 1. The lowest BCUT2D eigenvalue weighted by Crippen LogP contribution is -2.46. The minimum absolute atomic E-state index is 0.168. The van der Waals surface area contributed by atoms with Crippen molar-refractivity contribution in [3.63, 3.8) is 0 Å². The number of benzene rings is 3. The molecular weight excluding hydrogens is 448 g/mol. The number of fused-ring (bicyclic) bond motifs is 1. The maximum atomic E-state index is 13.5. The molecule has 2 amide bonds. The molecule has 6 rings (SSSR count). The van der Waals surface area contributed by atoms with Gasteiger partial charge in [-0.15, -0.1) is 0 Å². The summed E-state index contributed by atoms with van der Waals surface area (Å²) in [7, 11) is 0. The smallest absolute Gasteiger partial charge is 0.326 e. The highest BCUT2D eigenvalue weighted by molar-refractivity contribution is 6.01. The zero-order chi connectivity index (χ0) is 24.8. The van der Waals surface area contributed by atoms with Gasteiger partial charge in [0.25, 0.3) is 5.89 Å². The third-order valence-electron chi connectivity index (χ3n) is 7.20. The van der Waals surface area contributed by atoms with Gasteiger partial charge < -0.3 is 9.84 Å². The van der Waals surface area contributed by atoms with Crippen LogP contribution in [0.3, 0.4) is 0 Å². The number of rotatable bonds is 4. The molecule has 6 nitrogen and oxygen atoms in total. The highest BCUT2D eigenvalue weighted by Crippen LogP contribution is 2.40. The van der Waals surface area contributed by atoms with Gasteiger partial charge in [-0.1, -0.05) is 70.9 Å². The fraction of sp³-hybridized carbons (Fsp3) is 0.233. The average Bonchev–Trinajstić information content (AvgIpc) is 3.54. The summed E-state index contributed by atoms with van der Waals surface area (Å²) in [6, 6.07) is 21.9. The molecule has 0 bridgehead atoms. The molecule has 180 valence electrons. The van der Waals surface area contributed by atoms with Crippen LogP contribution in [0.2, 0.25) is 0 Å². The lowest BCUT2D eigenvalue weighted by Gasteiger charge is -2.35. The molecule has 6 heteroatoms. The van der Waals surface area contributed by atoms with Gasteiger partial charge in [-0.2, -0.15) is 4.98 Å². The summed E-state index contributed by atoms with van der Waals surface area (Å²) in [5.74, 6) is 0.925. The van der Waals surface area contributed by atoms with Gasteiger partial charge in [0.1, 0.15) is 0 Å². The van der Waals surface area contributed by atoms with Crippen LogP contribution < -0.4 is 10.2 Å². The maximum absolute atomic E-state index is 13.5. The molecule has 1 unspecified atom stereocenters. The lowest BCUT2D eigenvalue weighted by atomic mass is 9.93. The van der Waals surface area contributed by atoms with Crippen molar-refractivity contribution in [1.82, 2.24) is 15.5 Å². The molecule has 36 heavy (non-hydrogen) atoms. The van der Waals surface area contributed by atoms with Crippen LogP contribution in [0.5, 0.6) is 0 Å². The van der Waals surface area contributed by atoms with Gasteiger partial charge in [0.05, 0.1) is 17.3 Å². The summed E-state index contributed by atoms with van der Waals surface area (Å²) < 4.78 is 5.83. The van der Waals surface area contributed by atoms with Crippen LogP contribution in [0.25, 0.3) is 17.0 Å². The molecule has 0 saturated heterocycles. The van der Waals surface area contributed by atoms with Crippen LogP contribution in [-0.4, -0.2) is 16.2 Å². The summed E-state index contributed by atoms with van der Waals surface area (Å²) in [6.07, 6.45) is 3.30. The highest BCUT2D eigenvalue weighted by atomic mass is 16.5. The van der Waals surface area contributed by atoms with Crippen LogP contribution in [0.4, 0.5) is 10.5 Å². The maximum Gasteiger partial charge on any atom is 0.326 e. The first-order valence-corrected chi connectivity index (χ1v) is 12.4. The molecule has 1 aliphatic carbocycles. The van der Waals surface area contributed by atoms with E-state index in [9.17, 15) is 4.79 Å². The van der Waals surface area contributed by atoms with E-state index >= 15 is 0 Å². The summed E-state index contributed by atoms with van der Waals surface area (Å²) in [4.78, 5) is 20.0. The number of allylic oxidation sites excluding steroid dienone is 1. The number of aryl methyl sites for hydroxylation is 4. The monoisotopic (exact) mass is 476 g/mol. The van der Waals surface area contributed by atoms with Gasteiger partial charge >= 0.3 is 6.03 Å². The number of carbonyl (C=O) groups excluding carboxylic acids is 1. The third kappa shape index (κ3) is 3.88. The van der Waals surface area contributed by atoms with Gasteiger partial charge in [0, 0.05) is 11.3 Å². The highest BCUT2D eigenvalue weighted by Gasteiger charge is 2.36. The van der Waals surface area contributed by atoms with Crippen molar-refractivity contribution in [3.05, 3.63) is 106 Å². The van der Waals surface area contributed by atoms with Crippen LogP contribution in [0.15, 0.2) is 77.0 Å². The zero-order valence-corrected chi connectivity index (χ0v) is 20.7. The fourth-order valence-corrected chi connectivity index (χ4v) is 5.19. The van der Waals surface area contributed by atoms with Crippen molar-refractivity contribution in [2.24, 2.45) is 0 Å². The molecule has 1 N–H and O–H groups in total. The minimum atomic E-state index is -0.407. The second kappa shape index (κ2) is 8.79. The topological polar surface area (TPSA) is 71.3 Å². The Kier molecular flexibility index (Phi) is 5.44. The molecule has 1 atom stereocenters. The van der Waals surface area contributed by atoms with Crippen molar-refractivity contribution in [3.8, 4) is 11.4 Å². The Morgan fingerprint density at radius 3 is 2.33 bits per heavy atom. The Labute approximate surface area is 210 Å². The molecule has 2 aliphatic rings. The second-order valence-corrected chi connectivity index (χ2v) is 9.72. The third-order valence-corrected chi connectivity index (χ3v) is 7.20. The van der Waals surface area contributed by atoms with Crippen molar-refractivity contribution >= 4 is 17.3 Å². The Morgan fingerprint density at radius 1 is 0.889 bits per heavy atom. The summed E-state index contributed by atoms with van der Waals surface area (Å²) in [6.45, 7) is 6.05. The van der Waals surface area contributed by atoms with Crippen LogP contribution in [-0.2, 0) is 12.8 Å². The van der Waals surface area contributed by atoms with E-state index in [-0.39, 0.29) is 6.03 Å². The quantitative estimate of drug-likeness (QED) is 0.363. The molecule has 1 aromatic heterocycles. The van der Waals surface area contributed by atoms with E-state index < -0.39 is 6.04 Å². The Bertz CT molecular complexity index is 1480. The molecule has 0 saturated carbocycles. The van der Waals surface area contributed by atoms with E-state index in [1.54, 1.807) is 4.90 Å². The molecule has 1 aliphatic heterocycles. The number of nitrogens with zero attached hydrogens (tertiary/aromatic N) is 3. The van der Waals surface area contributed by atoms with Gasteiger partial charge in [0.15, 0.2) is 0 Å². The summed E-state index contributed by atoms with van der Waals surface area (Å²) >= 11 is 0. The first-order valence-electron chi connectivity index (χ1n) is 12.4. The number of urea groups is 1. The first-order chi connectivity index (χ1) is 17.5. The fourth-order valence-electron chi connectivity index (χ4n) is 5.19. The summed E-state index contributed by atoms with van der Waals surface area (Å²) in [5, 5.41) is 7.49. The zero-order valence-electron chi connectivity index (χ0n) is 20.7. The number of amides is 2. The second-order valence-electron chi connectivity index (χ2n) is 9.72. The van der Waals surface area contributed by atoms with Crippen LogP contribution in [0, 0.1) is 13.8 Å². The van der Waals surface area contributed by atoms with Crippen LogP contribution >= 0.6 is 0 Å². The molecule has 0 spiro atoms. The minimum Gasteiger partial charge on any atom is -0.334 e.